The predicted molar refractivity (Wildman–Crippen MR) is 104 cm³/mol. The highest BCUT2D eigenvalue weighted by molar-refractivity contribution is 7.98. The summed E-state index contributed by atoms with van der Waals surface area (Å²) in [5.74, 6) is -0.183. The van der Waals surface area contributed by atoms with Crippen molar-refractivity contribution in [3.63, 3.8) is 0 Å². The third-order valence-electron chi connectivity index (χ3n) is 3.89. The van der Waals surface area contributed by atoms with Crippen molar-refractivity contribution in [3.8, 4) is 5.69 Å². The molecule has 8 nitrogen and oxygen atoms in total. The maximum atomic E-state index is 12.2. The second-order valence-corrected chi connectivity index (χ2v) is 6.60. The van der Waals surface area contributed by atoms with E-state index in [2.05, 4.69) is 20.5 Å². The standard InChI is InChI=1S/C19H19N5O3S/c1-13-22-23-19(28-2)24(13)16-7-5-15(6-8-16)18(26)27-12-17(25)21-11-14-4-3-9-20-10-14/h3-10H,11-12H2,1-2H3,(H,21,25). The smallest absolute Gasteiger partial charge is 0.338 e. The first-order valence-electron chi connectivity index (χ1n) is 8.47. The Kier molecular flexibility index (Phi) is 6.38. The van der Waals surface area contributed by atoms with Gasteiger partial charge in [-0.3, -0.25) is 14.3 Å². The molecule has 0 unspecified atom stereocenters. The fourth-order valence-electron chi connectivity index (χ4n) is 2.49. The van der Waals surface area contributed by atoms with Gasteiger partial charge in [-0.2, -0.15) is 0 Å². The van der Waals surface area contributed by atoms with Gasteiger partial charge in [0.2, 0.25) is 0 Å². The highest BCUT2D eigenvalue weighted by atomic mass is 32.2. The SMILES string of the molecule is CSc1nnc(C)n1-c1ccc(C(=O)OCC(=O)NCc2cccnc2)cc1. The molecule has 0 bridgehead atoms. The van der Waals surface area contributed by atoms with E-state index in [0.717, 1.165) is 22.2 Å². The lowest BCUT2D eigenvalue weighted by atomic mass is 10.2. The normalized spacial score (nSPS) is 10.5. The summed E-state index contributed by atoms with van der Waals surface area (Å²) in [7, 11) is 0. The minimum absolute atomic E-state index is 0.328. The molecule has 0 spiro atoms. The minimum Gasteiger partial charge on any atom is -0.452 e. The van der Waals surface area contributed by atoms with E-state index >= 15 is 0 Å². The van der Waals surface area contributed by atoms with Crippen molar-refractivity contribution in [2.24, 2.45) is 0 Å². The Balaban J connectivity index is 1.54. The number of nitrogens with zero attached hydrogens (tertiary/aromatic N) is 4. The second-order valence-electron chi connectivity index (χ2n) is 5.83. The Morgan fingerprint density at radius 3 is 2.64 bits per heavy atom. The summed E-state index contributed by atoms with van der Waals surface area (Å²) in [6.45, 7) is 1.84. The fraction of sp³-hybridized carbons (Fsp3) is 0.211. The van der Waals surface area contributed by atoms with Gasteiger partial charge in [0, 0.05) is 24.6 Å². The molecule has 0 saturated heterocycles. The molecule has 0 fully saturated rings. The van der Waals surface area contributed by atoms with Crippen LogP contribution < -0.4 is 5.32 Å². The van der Waals surface area contributed by atoms with Crippen LogP contribution in [0.15, 0.2) is 53.9 Å². The highest BCUT2D eigenvalue weighted by Gasteiger charge is 2.13. The highest BCUT2D eigenvalue weighted by Crippen LogP contribution is 2.20. The maximum Gasteiger partial charge on any atom is 0.338 e. The number of pyridine rings is 1. The summed E-state index contributed by atoms with van der Waals surface area (Å²) in [5, 5.41) is 11.6. The van der Waals surface area contributed by atoms with E-state index in [0.29, 0.717) is 12.1 Å². The Morgan fingerprint density at radius 1 is 1.18 bits per heavy atom. The number of aromatic nitrogens is 4. The first-order chi connectivity index (χ1) is 13.6. The zero-order valence-electron chi connectivity index (χ0n) is 15.5. The molecular weight excluding hydrogens is 378 g/mol. The molecule has 0 aliphatic carbocycles. The van der Waals surface area contributed by atoms with Crippen LogP contribution in [0, 0.1) is 6.92 Å². The molecule has 28 heavy (non-hydrogen) atoms. The van der Waals surface area contributed by atoms with Crippen LogP contribution in [0.4, 0.5) is 0 Å². The largest absolute Gasteiger partial charge is 0.452 e. The van der Waals surface area contributed by atoms with E-state index in [4.69, 9.17) is 4.74 Å². The van der Waals surface area contributed by atoms with E-state index in [1.807, 2.05) is 23.8 Å². The van der Waals surface area contributed by atoms with Crippen LogP contribution in [0.1, 0.15) is 21.7 Å². The molecule has 2 aromatic heterocycles. The first kappa shape index (κ1) is 19.6. The molecule has 0 atom stereocenters. The van der Waals surface area contributed by atoms with E-state index in [-0.39, 0.29) is 12.5 Å². The third-order valence-corrected chi connectivity index (χ3v) is 4.52. The minimum atomic E-state index is -0.561. The average molecular weight is 397 g/mol. The van der Waals surface area contributed by atoms with Crippen molar-refractivity contribution in [2.75, 3.05) is 12.9 Å². The molecule has 9 heteroatoms. The zero-order chi connectivity index (χ0) is 19.9. The van der Waals surface area contributed by atoms with E-state index in [1.54, 1.807) is 42.7 Å². The topological polar surface area (TPSA) is 99.0 Å². The van der Waals surface area contributed by atoms with Crippen molar-refractivity contribution in [2.45, 2.75) is 18.6 Å². The Labute approximate surface area is 166 Å². The molecule has 144 valence electrons. The number of aryl methyl sites for hydroxylation is 1. The van der Waals surface area contributed by atoms with Gasteiger partial charge >= 0.3 is 5.97 Å². The molecule has 2 heterocycles. The quantitative estimate of drug-likeness (QED) is 0.482. The van der Waals surface area contributed by atoms with Gasteiger partial charge in [0.05, 0.1) is 5.56 Å². The van der Waals surface area contributed by atoms with Gasteiger partial charge in [-0.05, 0) is 49.1 Å². The number of ether oxygens (including phenoxy) is 1. The van der Waals surface area contributed by atoms with Crippen molar-refractivity contribution in [1.29, 1.82) is 0 Å². The maximum absolute atomic E-state index is 12.2. The van der Waals surface area contributed by atoms with Crippen LogP contribution in [0.5, 0.6) is 0 Å². The van der Waals surface area contributed by atoms with Crippen molar-refractivity contribution >= 4 is 23.6 Å². The summed E-state index contributed by atoms with van der Waals surface area (Å²) in [5.41, 5.74) is 2.07. The van der Waals surface area contributed by atoms with Gasteiger partial charge in [-0.15, -0.1) is 10.2 Å². The molecule has 3 rings (SSSR count). The number of nitrogens with one attached hydrogen (secondary N) is 1. The number of rotatable bonds is 7. The number of esters is 1. The monoisotopic (exact) mass is 397 g/mol. The molecule has 1 amide bonds. The lowest BCUT2D eigenvalue weighted by molar-refractivity contribution is -0.124. The fourth-order valence-corrected chi connectivity index (χ4v) is 3.03. The number of thioether (sulfide) groups is 1. The Morgan fingerprint density at radius 2 is 1.96 bits per heavy atom. The van der Waals surface area contributed by atoms with Gasteiger partial charge in [0.15, 0.2) is 11.8 Å². The average Bonchev–Trinajstić information content (AvgIpc) is 3.11. The summed E-state index contributed by atoms with van der Waals surface area (Å²) in [4.78, 5) is 28.0. The number of benzene rings is 1. The predicted octanol–water partition coefficient (Wildman–Crippen LogP) is 2.17. The van der Waals surface area contributed by atoms with Crippen LogP contribution in [-0.2, 0) is 16.1 Å². The first-order valence-corrected chi connectivity index (χ1v) is 9.70. The molecule has 0 aliphatic heterocycles. The number of amides is 1. The van der Waals surface area contributed by atoms with Gasteiger partial charge in [-0.1, -0.05) is 17.8 Å². The Bertz CT molecular complexity index is 957. The second kappa shape index (κ2) is 9.14. The van der Waals surface area contributed by atoms with Gasteiger partial charge in [0.1, 0.15) is 5.82 Å². The van der Waals surface area contributed by atoms with Crippen LogP contribution in [0.25, 0.3) is 5.69 Å². The summed E-state index contributed by atoms with van der Waals surface area (Å²) >= 11 is 1.49. The number of hydrogen-bond donors (Lipinski definition) is 1. The van der Waals surface area contributed by atoms with Gasteiger partial charge < -0.3 is 10.1 Å². The molecule has 1 aromatic carbocycles. The van der Waals surface area contributed by atoms with E-state index in [9.17, 15) is 9.59 Å². The summed E-state index contributed by atoms with van der Waals surface area (Å²) in [6.07, 6.45) is 5.24. The van der Waals surface area contributed by atoms with E-state index < -0.39 is 5.97 Å². The molecule has 3 aromatic rings. The number of hydrogen-bond acceptors (Lipinski definition) is 7. The van der Waals surface area contributed by atoms with Crippen molar-refractivity contribution in [3.05, 3.63) is 65.7 Å². The third kappa shape index (κ3) is 4.74. The molecular formula is C19H19N5O3S. The van der Waals surface area contributed by atoms with Gasteiger partial charge in [0.25, 0.3) is 5.91 Å². The molecule has 0 radical (unpaired) electrons. The summed E-state index contributed by atoms with van der Waals surface area (Å²) in [6, 6.07) is 10.5. The molecule has 0 aliphatic rings. The van der Waals surface area contributed by atoms with Crippen LogP contribution in [0.2, 0.25) is 0 Å². The van der Waals surface area contributed by atoms with E-state index in [1.165, 1.54) is 11.8 Å². The van der Waals surface area contributed by atoms with Crippen LogP contribution >= 0.6 is 11.8 Å². The Hall–Kier alpha value is -3.20. The molecule has 1 N–H and O–H groups in total. The lowest BCUT2D eigenvalue weighted by Gasteiger charge is -2.09. The van der Waals surface area contributed by atoms with Crippen molar-refractivity contribution < 1.29 is 14.3 Å². The number of carbonyl (C=O) groups is 2. The number of carbonyl (C=O) groups excluding carboxylic acids is 2. The van der Waals surface area contributed by atoms with Crippen LogP contribution in [-0.4, -0.2) is 44.5 Å². The summed E-state index contributed by atoms with van der Waals surface area (Å²) < 4.78 is 6.97. The van der Waals surface area contributed by atoms with Crippen LogP contribution in [0.3, 0.4) is 0 Å². The van der Waals surface area contributed by atoms with Crippen molar-refractivity contribution in [1.82, 2.24) is 25.1 Å². The molecule has 0 saturated carbocycles. The zero-order valence-corrected chi connectivity index (χ0v) is 16.3. The van der Waals surface area contributed by atoms with Gasteiger partial charge in [-0.25, -0.2) is 4.79 Å². The lowest BCUT2D eigenvalue weighted by Crippen LogP contribution is -2.28.